The zero-order chi connectivity index (χ0) is 20.5. The monoisotopic (exact) mass is 396 g/mol. The van der Waals surface area contributed by atoms with E-state index in [0.717, 1.165) is 5.56 Å². The first kappa shape index (κ1) is 19.1. The van der Waals surface area contributed by atoms with Gasteiger partial charge in [0.1, 0.15) is 12.4 Å². The second kappa shape index (κ2) is 7.66. The van der Waals surface area contributed by atoms with E-state index in [0.29, 0.717) is 6.42 Å². The molecule has 2 saturated heterocycles. The zero-order valence-electron chi connectivity index (χ0n) is 16.0. The lowest BCUT2D eigenvalue weighted by Crippen LogP contribution is -2.56. The van der Waals surface area contributed by atoms with Crippen LogP contribution in [0.3, 0.4) is 0 Å². The highest BCUT2D eigenvalue weighted by molar-refractivity contribution is 5.97. The highest BCUT2D eigenvalue weighted by Crippen LogP contribution is 2.43. The normalized spacial score (nSPS) is 23.7. The molecule has 2 aliphatic rings. The van der Waals surface area contributed by atoms with E-state index in [1.165, 1.54) is 30.2 Å². The number of methoxy groups -OCH3 is 1. The maximum Gasteiger partial charge on any atom is 0.311 e. The standard InChI is InChI=1S/C22H21FN2O4/c1-29-22(28)17-11-15-12-24(21(27)16-9-5-6-10-18(16)23)13-19(26)25(15)20(17)14-7-3-2-4-8-14/h2-10,15,17,20H,11-13H2,1H3/t15-,17-,20-/m0/s1. The molecule has 0 aromatic heterocycles. The smallest absolute Gasteiger partial charge is 0.311 e. The van der Waals surface area contributed by atoms with E-state index in [-0.39, 0.29) is 36.6 Å². The third kappa shape index (κ3) is 3.37. The molecular formula is C22H21FN2O4. The van der Waals surface area contributed by atoms with Crippen LogP contribution in [0.1, 0.15) is 28.4 Å². The molecule has 2 aromatic rings. The molecule has 2 heterocycles. The van der Waals surface area contributed by atoms with Gasteiger partial charge in [0.25, 0.3) is 5.91 Å². The highest BCUT2D eigenvalue weighted by Gasteiger charge is 2.51. The summed E-state index contributed by atoms with van der Waals surface area (Å²) < 4.78 is 19.0. The molecule has 2 fully saturated rings. The average Bonchev–Trinajstić information content (AvgIpc) is 3.14. The topological polar surface area (TPSA) is 66.9 Å². The van der Waals surface area contributed by atoms with Crippen molar-refractivity contribution in [2.45, 2.75) is 18.5 Å². The number of halogens is 1. The fourth-order valence-corrected chi connectivity index (χ4v) is 4.42. The van der Waals surface area contributed by atoms with Gasteiger partial charge in [-0.1, -0.05) is 42.5 Å². The lowest BCUT2D eigenvalue weighted by molar-refractivity contribution is -0.147. The Hall–Kier alpha value is -3.22. The largest absolute Gasteiger partial charge is 0.469 e. The summed E-state index contributed by atoms with van der Waals surface area (Å²) in [7, 11) is 1.33. The van der Waals surface area contributed by atoms with E-state index in [9.17, 15) is 18.8 Å². The van der Waals surface area contributed by atoms with Crippen molar-refractivity contribution < 1.29 is 23.5 Å². The molecule has 0 spiro atoms. The molecule has 2 amide bonds. The van der Waals surface area contributed by atoms with Crippen molar-refractivity contribution >= 4 is 17.8 Å². The Morgan fingerprint density at radius 2 is 1.76 bits per heavy atom. The molecule has 0 N–H and O–H groups in total. The summed E-state index contributed by atoms with van der Waals surface area (Å²) in [4.78, 5) is 41.3. The Labute approximate surface area is 167 Å². The number of hydrogen-bond donors (Lipinski definition) is 0. The van der Waals surface area contributed by atoms with Gasteiger partial charge in [-0.15, -0.1) is 0 Å². The van der Waals surface area contributed by atoms with E-state index in [1.54, 1.807) is 11.0 Å². The number of piperazine rings is 1. The number of nitrogens with zero attached hydrogens (tertiary/aromatic N) is 2. The van der Waals surface area contributed by atoms with Crippen LogP contribution in [-0.2, 0) is 14.3 Å². The third-order valence-electron chi connectivity index (χ3n) is 5.68. The van der Waals surface area contributed by atoms with Gasteiger partial charge in [0, 0.05) is 6.54 Å². The average molecular weight is 396 g/mol. The summed E-state index contributed by atoms with van der Waals surface area (Å²) in [6.07, 6.45) is 0.388. The molecule has 6 nitrogen and oxygen atoms in total. The molecule has 29 heavy (non-hydrogen) atoms. The van der Waals surface area contributed by atoms with Gasteiger partial charge in [-0.2, -0.15) is 0 Å². The zero-order valence-corrected chi connectivity index (χ0v) is 16.0. The van der Waals surface area contributed by atoms with Gasteiger partial charge < -0.3 is 14.5 Å². The van der Waals surface area contributed by atoms with Gasteiger partial charge in [-0.3, -0.25) is 14.4 Å². The molecule has 4 rings (SSSR count). The molecular weight excluding hydrogens is 375 g/mol. The fraction of sp³-hybridized carbons (Fsp3) is 0.318. The Balaban J connectivity index is 1.64. The lowest BCUT2D eigenvalue weighted by Gasteiger charge is -2.40. The van der Waals surface area contributed by atoms with Crippen LogP contribution < -0.4 is 0 Å². The lowest BCUT2D eigenvalue weighted by atomic mass is 9.93. The van der Waals surface area contributed by atoms with Crippen LogP contribution in [-0.4, -0.2) is 53.8 Å². The van der Waals surface area contributed by atoms with Crippen molar-refractivity contribution in [2.75, 3.05) is 20.2 Å². The van der Waals surface area contributed by atoms with Crippen LogP contribution in [0.2, 0.25) is 0 Å². The first-order chi connectivity index (χ1) is 14.0. The van der Waals surface area contributed by atoms with E-state index in [4.69, 9.17) is 4.74 Å². The van der Waals surface area contributed by atoms with E-state index >= 15 is 0 Å². The van der Waals surface area contributed by atoms with Crippen molar-refractivity contribution in [2.24, 2.45) is 5.92 Å². The molecule has 0 unspecified atom stereocenters. The number of amides is 2. The van der Waals surface area contributed by atoms with E-state index in [2.05, 4.69) is 0 Å². The first-order valence-corrected chi connectivity index (χ1v) is 9.49. The predicted octanol–water partition coefficient (Wildman–Crippen LogP) is 2.41. The minimum absolute atomic E-state index is 0.0594. The third-order valence-corrected chi connectivity index (χ3v) is 5.68. The molecule has 150 valence electrons. The number of benzene rings is 2. The summed E-state index contributed by atoms with van der Waals surface area (Å²) in [5, 5.41) is 0. The van der Waals surface area contributed by atoms with Crippen molar-refractivity contribution in [3.05, 3.63) is 71.5 Å². The number of carbonyl (C=O) groups is 3. The number of ether oxygens (including phenoxy) is 1. The summed E-state index contributed by atoms with van der Waals surface area (Å²) in [5.41, 5.74) is 0.795. The van der Waals surface area contributed by atoms with E-state index < -0.39 is 23.7 Å². The van der Waals surface area contributed by atoms with Gasteiger partial charge in [0.05, 0.1) is 30.7 Å². The van der Waals surface area contributed by atoms with Gasteiger partial charge in [0.15, 0.2) is 0 Å². The molecule has 0 radical (unpaired) electrons. The maximum atomic E-state index is 14.1. The molecule has 0 bridgehead atoms. The number of rotatable bonds is 3. The van der Waals surface area contributed by atoms with Gasteiger partial charge in [-0.05, 0) is 24.1 Å². The summed E-state index contributed by atoms with van der Waals surface area (Å²) >= 11 is 0. The van der Waals surface area contributed by atoms with Crippen molar-refractivity contribution in [1.29, 1.82) is 0 Å². The first-order valence-electron chi connectivity index (χ1n) is 9.49. The second-order valence-electron chi connectivity index (χ2n) is 7.34. The molecule has 2 aliphatic heterocycles. The Kier molecular flexibility index (Phi) is 5.05. The van der Waals surface area contributed by atoms with Crippen molar-refractivity contribution in [1.82, 2.24) is 9.80 Å². The Morgan fingerprint density at radius 3 is 2.45 bits per heavy atom. The van der Waals surface area contributed by atoms with Crippen LogP contribution in [0, 0.1) is 11.7 Å². The number of fused-ring (bicyclic) bond motifs is 1. The number of esters is 1. The second-order valence-corrected chi connectivity index (χ2v) is 7.34. The van der Waals surface area contributed by atoms with Crippen molar-refractivity contribution in [3.8, 4) is 0 Å². The number of hydrogen-bond acceptors (Lipinski definition) is 4. The fourth-order valence-electron chi connectivity index (χ4n) is 4.42. The molecule has 0 aliphatic carbocycles. The molecule has 2 aromatic carbocycles. The van der Waals surface area contributed by atoms with Crippen LogP contribution >= 0.6 is 0 Å². The van der Waals surface area contributed by atoms with Crippen LogP contribution in [0.4, 0.5) is 4.39 Å². The highest BCUT2D eigenvalue weighted by atomic mass is 19.1. The quantitative estimate of drug-likeness (QED) is 0.748. The van der Waals surface area contributed by atoms with Gasteiger partial charge in [-0.25, -0.2) is 4.39 Å². The molecule has 3 atom stereocenters. The van der Waals surface area contributed by atoms with Gasteiger partial charge in [0.2, 0.25) is 5.91 Å². The Morgan fingerprint density at radius 1 is 1.07 bits per heavy atom. The molecule has 7 heteroatoms. The Bertz CT molecular complexity index is 949. The van der Waals surface area contributed by atoms with Crippen LogP contribution in [0.5, 0.6) is 0 Å². The van der Waals surface area contributed by atoms with E-state index in [1.807, 2.05) is 30.3 Å². The predicted molar refractivity (Wildman–Crippen MR) is 102 cm³/mol. The molecule has 0 saturated carbocycles. The summed E-state index contributed by atoms with van der Waals surface area (Å²) in [5.74, 6) is -2.29. The number of carbonyl (C=O) groups excluding carboxylic acids is 3. The van der Waals surface area contributed by atoms with Gasteiger partial charge >= 0.3 is 5.97 Å². The SMILES string of the molecule is COC(=O)[C@H]1C[C@H]2CN(C(=O)c3ccccc3F)CC(=O)N2[C@H]1c1ccccc1. The minimum atomic E-state index is -0.617. The summed E-state index contributed by atoms with van der Waals surface area (Å²) in [6.45, 7) is 0.0939. The summed E-state index contributed by atoms with van der Waals surface area (Å²) in [6, 6.07) is 14.3. The minimum Gasteiger partial charge on any atom is -0.469 e. The van der Waals surface area contributed by atoms with Crippen LogP contribution in [0.15, 0.2) is 54.6 Å². The van der Waals surface area contributed by atoms with Crippen LogP contribution in [0.25, 0.3) is 0 Å². The maximum absolute atomic E-state index is 14.1. The van der Waals surface area contributed by atoms with Crippen molar-refractivity contribution in [3.63, 3.8) is 0 Å².